The van der Waals surface area contributed by atoms with E-state index in [1.54, 1.807) is 50.6 Å². The molecule has 0 aliphatic heterocycles. The molecular weight excluding hydrogens is 412 g/mol. The van der Waals surface area contributed by atoms with Crippen molar-refractivity contribution in [3.63, 3.8) is 0 Å². The van der Waals surface area contributed by atoms with Crippen LogP contribution in [-0.2, 0) is 9.53 Å². The van der Waals surface area contributed by atoms with Crippen molar-refractivity contribution in [2.75, 3.05) is 35.0 Å². The fourth-order valence-corrected chi connectivity index (χ4v) is 2.99. The second kappa shape index (κ2) is 12.4. The van der Waals surface area contributed by atoms with Gasteiger partial charge in [-0.25, -0.2) is 0 Å². The summed E-state index contributed by atoms with van der Waals surface area (Å²) < 4.78 is 32.6. The van der Waals surface area contributed by atoms with Crippen LogP contribution >= 0.6 is 0 Å². The molecule has 7 nitrogen and oxygen atoms in total. The van der Waals surface area contributed by atoms with E-state index >= 15 is 0 Å². The lowest BCUT2D eigenvalue weighted by Crippen LogP contribution is -2.16. The molecule has 2 aromatic carbocycles. The van der Waals surface area contributed by atoms with Crippen LogP contribution in [0.3, 0.4) is 0 Å². The van der Waals surface area contributed by atoms with Gasteiger partial charge in [0.2, 0.25) is 5.75 Å². The van der Waals surface area contributed by atoms with Gasteiger partial charge in [0.25, 0.3) is 0 Å². The Bertz CT molecular complexity index is 963. The highest BCUT2D eigenvalue weighted by atomic mass is 16.7. The number of methoxy groups -OCH3 is 4. The minimum atomic E-state index is -0.393. The lowest BCUT2D eigenvalue weighted by Gasteiger charge is -2.16. The molecule has 0 N–H and O–H groups in total. The third-order valence-electron chi connectivity index (χ3n) is 4.48. The van der Waals surface area contributed by atoms with E-state index in [1.165, 1.54) is 26.4 Å². The Morgan fingerprint density at radius 2 is 1.50 bits per heavy atom. The van der Waals surface area contributed by atoms with E-state index in [1.807, 2.05) is 19.9 Å². The maximum Gasteiger partial charge on any atom is 0.203 e. The Morgan fingerprint density at radius 3 is 2.12 bits per heavy atom. The van der Waals surface area contributed by atoms with Crippen molar-refractivity contribution in [2.45, 2.75) is 20.1 Å². The van der Waals surface area contributed by atoms with Gasteiger partial charge in [-0.2, -0.15) is 0 Å². The van der Waals surface area contributed by atoms with Crippen molar-refractivity contribution in [1.82, 2.24) is 0 Å². The highest BCUT2D eigenvalue weighted by Crippen LogP contribution is 2.40. The molecule has 0 amide bonds. The average Bonchev–Trinajstić information content (AvgIpc) is 2.81. The Kier molecular flexibility index (Phi) is 9.63. The Hall–Kier alpha value is -3.45. The summed E-state index contributed by atoms with van der Waals surface area (Å²) in [6, 6.07) is 8.95. The first kappa shape index (κ1) is 24.8. The van der Waals surface area contributed by atoms with E-state index in [0.29, 0.717) is 40.9 Å². The summed E-state index contributed by atoms with van der Waals surface area (Å²) >= 11 is 0. The van der Waals surface area contributed by atoms with E-state index in [2.05, 4.69) is 0 Å². The van der Waals surface area contributed by atoms with Gasteiger partial charge < -0.3 is 28.4 Å². The van der Waals surface area contributed by atoms with Crippen molar-refractivity contribution in [3.05, 3.63) is 53.6 Å². The van der Waals surface area contributed by atoms with Crippen LogP contribution in [0.1, 0.15) is 25.0 Å². The van der Waals surface area contributed by atoms with Gasteiger partial charge in [0.05, 0.1) is 28.4 Å². The summed E-state index contributed by atoms with van der Waals surface area (Å²) in [7, 11) is 6.18. The number of benzene rings is 2. The van der Waals surface area contributed by atoms with Gasteiger partial charge in [-0.15, -0.1) is 0 Å². The molecule has 32 heavy (non-hydrogen) atoms. The zero-order valence-corrected chi connectivity index (χ0v) is 19.3. The van der Waals surface area contributed by atoms with Crippen LogP contribution < -0.4 is 23.7 Å². The van der Waals surface area contributed by atoms with Gasteiger partial charge in [0.15, 0.2) is 35.1 Å². The first-order valence-electron chi connectivity index (χ1n) is 10.1. The molecule has 2 rings (SSSR count). The summed E-state index contributed by atoms with van der Waals surface area (Å²) in [6.07, 6.45) is 5.91. The fourth-order valence-electron chi connectivity index (χ4n) is 2.99. The highest BCUT2D eigenvalue weighted by Gasteiger charge is 2.14. The molecule has 0 saturated carbocycles. The Labute approximate surface area is 189 Å². The molecule has 172 valence electrons. The number of ketones is 1. The number of ether oxygens (including phenoxy) is 6. The standard InChI is InChI=1S/C25H30O7/c1-7-31-17(2)32-21-14-9-18(16-23(21)28-4)8-12-20(26)13-10-19-11-15-22(27-3)25(30-6)24(19)29-5/h8-17H,7H2,1-6H3. The molecule has 0 heterocycles. The molecule has 0 aliphatic rings. The van der Waals surface area contributed by atoms with Gasteiger partial charge in [0.1, 0.15) is 0 Å². The Balaban J connectivity index is 2.14. The second-order valence-corrected chi connectivity index (χ2v) is 6.54. The monoisotopic (exact) mass is 442 g/mol. The third kappa shape index (κ3) is 6.52. The van der Waals surface area contributed by atoms with Crippen LogP contribution in [0.5, 0.6) is 28.7 Å². The van der Waals surface area contributed by atoms with Crippen molar-refractivity contribution < 1.29 is 33.2 Å². The van der Waals surface area contributed by atoms with Gasteiger partial charge in [0, 0.05) is 12.2 Å². The largest absolute Gasteiger partial charge is 0.493 e. The summed E-state index contributed by atoms with van der Waals surface area (Å²) in [5.74, 6) is 2.43. The molecule has 0 radical (unpaired) electrons. The van der Waals surface area contributed by atoms with E-state index in [0.717, 1.165) is 5.56 Å². The number of hydrogen-bond donors (Lipinski definition) is 0. The van der Waals surface area contributed by atoms with E-state index in [9.17, 15) is 4.79 Å². The van der Waals surface area contributed by atoms with Gasteiger partial charge in [-0.3, -0.25) is 4.79 Å². The number of allylic oxidation sites excluding steroid dienone is 2. The van der Waals surface area contributed by atoms with Crippen LogP contribution in [0.4, 0.5) is 0 Å². The fraction of sp³-hybridized carbons (Fsp3) is 0.320. The average molecular weight is 443 g/mol. The summed E-state index contributed by atoms with van der Waals surface area (Å²) in [6.45, 7) is 4.27. The van der Waals surface area contributed by atoms with Crippen molar-refractivity contribution in [3.8, 4) is 28.7 Å². The first-order chi connectivity index (χ1) is 15.5. The molecular formula is C25H30O7. The van der Waals surface area contributed by atoms with Gasteiger partial charge in [-0.05, 0) is 61.9 Å². The van der Waals surface area contributed by atoms with Crippen LogP contribution in [-0.4, -0.2) is 47.1 Å². The van der Waals surface area contributed by atoms with E-state index in [4.69, 9.17) is 28.4 Å². The maximum absolute atomic E-state index is 12.4. The number of rotatable bonds is 12. The molecule has 1 atom stereocenters. The summed E-state index contributed by atoms with van der Waals surface area (Å²) in [5.41, 5.74) is 1.49. The normalized spacial score (nSPS) is 12.1. The zero-order chi connectivity index (χ0) is 23.5. The zero-order valence-electron chi connectivity index (χ0n) is 19.3. The predicted octanol–water partition coefficient (Wildman–Crippen LogP) is 4.78. The molecule has 0 aliphatic carbocycles. The van der Waals surface area contributed by atoms with Crippen molar-refractivity contribution >= 4 is 17.9 Å². The molecule has 1 unspecified atom stereocenters. The number of carbonyl (C=O) groups excluding carboxylic acids is 1. The highest BCUT2D eigenvalue weighted by molar-refractivity contribution is 6.04. The Morgan fingerprint density at radius 1 is 0.844 bits per heavy atom. The van der Waals surface area contributed by atoms with Crippen LogP contribution in [0.15, 0.2) is 42.5 Å². The van der Waals surface area contributed by atoms with Gasteiger partial charge >= 0.3 is 0 Å². The quantitative estimate of drug-likeness (QED) is 0.346. The van der Waals surface area contributed by atoms with Crippen molar-refractivity contribution in [2.24, 2.45) is 0 Å². The predicted molar refractivity (Wildman–Crippen MR) is 124 cm³/mol. The van der Waals surface area contributed by atoms with Crippen LogP contribution in [0, 0.1) is 0 Å². The number of carbonyl (C=O) groups is 1. The lowest BCUT2D eigenvalue weighted by atomic mass is 10.1. The maximum atomic E-state index is 12.4. The third-order valence-corrected chi connectivity index (χ3v) is 4.48. The van der Waals surface area contributed by atoms with Crippen molar-refractivity contribution in [1.29, 1.82) is 0 Å². The first-order valence-corrected chi connectivity index (χ1v) is 10.1. The van der Waals surface area contributed by atoms with Crippen LogP contribution in [0.25, 0.3) is 12.2 Å². The SMILES string of the molecule is CCOC(C)Oc1ccc(C=CC(=O)C=Cc2ccc(OC)c(OC)c2OC)cc1OC. The van der Waals surface area contributed by atoms with Crippen LogP contribution in [0.2, 0.25) is 0 Å². The smallest absolute Gasteiger partial charge is 0.203 e. The topological polar surface area (TPSA) is 72.5 Å². The molecule has 0 bridgehead atoms. The minimum absolute atomic E-state index is 0.189. The molecule has 0 aromatic heterocycles. The summed E-state index contributed by atoms with van der Waals surface area (Å²) in [4.78, 5) is 12.4. The molecule has 2 aromatic rings. The molecule has 7 heteroatoms. The van der Waals surface area contributed by atoms with Gasteiger partial charge in [-0.1, -0.05) is 12.1 Å². The van der Waals surface area contributed by atoms with E-state index in [-0.39, 0.29) is 5.78 Å². The minimum Gasteiger partial charge on any atom is -0.493 e. The summed E-state index contributed by atoms with van der Waals surface area (Å²) in [5, 5.41) is 0. The molecule has 0 spiro atoms. The number of hydrogen-bond acceptors (Lipinski definition) is 7. The lowest BCUT2D eigenvalue weighted by molar-refractivity contribution is -0.110. The molecule has 0 fully saturated rings. The van der Waals surface area contributed by atoms with E-state index < -0.39 is 6.29 Å². The molecule has 0 saturated heterocycles. The second-order valence-electron chi connectivity index (χ2n) is 6.54.